The van der Waals surface area contributed by atoms with E-state index in [1.165, 1.54) is 0 Å². The molecule has 10 aromatic rings. The molecule has 0 bridgehead atoms. The minimum Gasteiger partial charge on any atom is -0.299 e. The molecule has 0 saturated heterocycles. The van der Waals surface area contributed by atoms with E-state index in [9.17, 15) is 0 Å². The minimum atomic E-state index is 0.898. The molecule has 0 aliphatic carbocycles. The van der Waals surface area contributed by atoms with E-state index in [2.05, 4.69) is 161 Å². The fourth-order valence-electron chi connectivity index (χ4n) is 7.27. The summed E-state index contributed by atoms with van der Waals surface area (Å²) in [6, 6.07) is 59.0. The van der Waals surface area contributed by atoms with Gasteiger partial charge in [-0.1, -0.05) is 133 Å². The number of imidazole rings is 2. The van der Waals surface area contributed by atoms with Crippen LogP contribution < -0.4 is 0 Å². The number of fused-ring (bicyclic) bond motifs is 6. The SMILES string of the molecule is c1ccc(-c2nc3ccccn3c2-c2ccc(-c3nc4ccccc4c4ccc5c(nc(-c6ccccc6)n5-c5ccccc5)c34)cc2)cc1. The zero-order chi connectivity index (χ0) is 33.0. The van der Waals surface area contributed by atoms with Crippen molar-refractivity contribution in [2.75, 3.05) is 0 Å². The van der Waals surface area contributed by atoms with Gasteiger partial charge >= 0.3 is 0 Å². The summed E-state index contributed by atoms with van der Waals surface area (Å²) in [5.74, 6) is 0.898. The van der Waals surface area contributed by atoms with Crippen molar-refractivity contribution in [3.8, 4) is 50.8 Å². The molecule has 0 aliphatic rings. The number of hydrogen-bond acceptors (Lipinski definition) is 3. The van der Waals surface area contributed by atoms with Crippen LogP contribution in [0.4, 0.5) is 0 Å². The molecular weight excluding hydrogens is 611 g/mol. The van der Waals surface area contributed by atoms with Crippen LogP contribution in [-0.4, -0.2) is 23.9 Å². The number of aromatic nitrogens is 5. The molecule has 0 spiro atoms. The van der Waals surface area contributed by atoms with E-state index in [0.29, 0.717) is 0 Å². The van der Waals surface area contributed by atoms with Crippen LogP contribution in [0.2, 0.25) is 0 Å². The second-order valence-corrected chi connectivity index (χ2v) is 12.5. The largest absolute Gasteiger partial charge is 0.299 e. The molecular formula is C45H29N5. The van der Waals surface area contributed by atoms with Crippen molar-refractivity contribution in [1.82, 2.24) is 23.9 Å². The van der Waals surface area contributed by atoms with Crippen LogP contribution in [0.3, 0.4) is 0 Å². The zero-order valence-corrected chi connectivity index (χ0v) is 27.0. The van der Waals surface area contributed by atoms with E-state index in [-0.39, 0.29) is 0 Å². The topological polar surface area (TPSA) is 48.0 Å². The molecule has 234 valence electrons. The Kier molecular flexibility index (Phi) is 6.42. The summed E-state index contributed by atoms with van der Waals surface area (Å²) in [4.78, 5) is 15.8. The van der Waals surface area contributed by atoms with Gasteiger partial charge in [0, 0.05) is 44.9 Å². The van der Waals surface area contributed by atoms with Gasteiger partial charge in [-0.25, -0.2) is 15.0 Å². The van der Waals surface area contributed by atoms with Crippen molar-refractivity contribution < 1.29 is 0 Å². The molecule has 4 heterocycles. The lowest BCUT2D eigenvalue weighted by molar-refractivity contribution is 1.10. The average molecular weight is 640 g/mol. The van der Waals surface area contributed by atoms with Crippen LogP contribution in [0.15, 0.2) is 176 Å². The van der Waals surface area contributed by atoms with Crippen LogP contribution in [0.25, 0.3) is 89.2 Å². The molecule has 0 N–H and O–H groups in total. The molecule has 0 saturated carbocycles. The number of nitrogens with zero attached hydrogens (tertiary/aromatic N) is 5. The Morgan fingerprint density at radius 1 is 0.420 bits per heavy atom. The maximum atomic E-state index is 5.43. The first-order valence-electron chi connectivity index (χ1n) is 16.8. The lowest BCUT2D eigenvalue weighted by Crippen LogP contribution is -1.97. The van der Waals surface area contributed by atoms with Crippen molar-refractivity contribution in [3.63, 3.8) is 0 Å². The molecule has 10 rings (SSSR count). The maximum absolute atomic E-state index is 5.43. The molecule has 0 radical (unpaired) electrons. The highest BCUT2D eigenvalue weighted by Gasteiger charge is 2.21. The van der Waals surface area contributed by atoms with Crippen molar-refractivity contribution in [2.24, 2.45) is 0 Å². The van der Waals surface area contributed by atoms with Gasteiger partial charge in [0.05, 0.1) is 33.6 Å². The average Bonchev–Trinajstić information content (AvgIpc) is 3.78. The maximum Gasteiger partial charge on any atom is 0.145 e. The molecule has 0 unspecified atom stereocenters. The standard InChI is InChI=1S/C45H29N5/c1-4-14-30(15-5-1)42-44(49-29-13-12-22-39(49)47-42)32-25-23-31(24-26-32)41-40-36(35-20-10-11-21-37(35)46-41)27-28-38-43(40)48-45(33-16-6-2-7-17-33)50(38)34-18-8-3-9-19-34/h1-29H. The third kappa shape index (κ3) is 4.45. The zero-order valence-electron chi connectivity index (χ0n) is 27.0. The van der Waals surface area contributed by atoms with Gasteiger partial charge in [-0.3, -0.25) is 8.97 Å². The predicted molar refractivity (Wildman–Crippen MR) is 204 cm³/mol. The number of benzene rings is 6. The summed E-state index contributed by atoms with van der Waals surface area (Å²) in [5.41, 5.74) is 12.1. The summed E-state index contributed by atoms with van der Waals surface area (Å²) >= 11 is 0. The molecule has 0 aliphatic heterocycles. The van der Waals surface area contributed by atoms with Crippen LogP contribution >= 0.6 is 0 Å². The second-order valence-electron chi connectivity index (χ2n) is 12.5. The molecule has 0 fully saturated rings. The van der Waals surface area contributed by atoms with Gasteiger partial charge in [0.15, 0.2) is 0 Å². The first-order chi connectivity index (χ1) is 24.8. The fraction of sp³-hybridized carbons (Fsp3) is 0. The summed E-state index contributed by atoms with van der Waals surface area (Å²) in [5, 5.41) is 3.28. The van der Waals surface area contributed by atoms with Crippen molar-refractivity contribution >= 4 is 38.4 Å². The molecule has 4 aromatic heterocycles. The second kappa shape index (κ2) is 11.4. The highest BCUT2D eigenvalue weighted by atomic mass is 15.1. The number of para-hydroxylation sites is 2. The highest BCUT2D eigenvalue weighted by molar-refractivity contribution is 6.20. The van der Waals surface area contributed by atoms with Crippen LogP contribution in [0.1, 0.15) is 0 Å². The summed E-state index contributed by atoms with van der Waals surface area (Å²) < 4.78 is 4.44. The van der Waals surface area contributed by atoms with E-state index in [4.69, 9.17) is 15.0 Å². The quantitative estimate of drug-likeness (QED) is 0.176. The third-order valence-electron chi connectivity index (χ3n) is 9.55. The number of hydrogen-bond donors (Lipinski definition) is 0. The first-order valence-corrected chi connectivity index (χ1v) is 16.8. The van der Waals surface area contributed by atoms with E-state index < -0.39 is 0 Å². The van der Waals surface area contributed by atoms with Crippen molar-refractivity contribution in [3.05, 3.63) is 176 Å². The molecule has 0 atom stereocenters. The Balaban J connectivity index is 1.23. The van der Waals surface area contributed by atoms with E-state index in [0.717, 1.165) is 89.2 Å². The number of pyridine rings is 2. The van der Waals surface area contributed by atoms with E-state index in [1.807, 2.05) is 24.3 Å². The monoisotopic (exact) mass is 639 g/mol. The lowest BCUT2D eigenvalue weighted by Gasteiger charge is -2.13. The Bertz CT molecular complexity index is 2840. The summed E-state index contributed by atoms with van der Waals surface area (Å²) in [6.07, 6.45) is 2.08. The molecule has 6 aromatic carbocycles. The number of rotatable bonds is 5. The van der Waals surface area contributed by atoms with Gasteiger partial charge in [-0.05, 0) is 41.8 Å². The van der Waals surface area contributed by atoms with Crippen molar-refractivity contribution in [2.45, 2.75) is 0 Å². The molecule has 50 heavy (non-hydrogen) atoms. The first kappa shape index (κ1) is 28.2. The molecule has 5 heteroatoms. The fourth-order valence-corrected chi connectivity index (χ4v) is 7.27. The smallest absolute Gasteiger partial charge is 0.145 e. The van der Waals surface area contributed by atoms with Crippen LogP contribution in [0, 0.1) is 0 Å². The van der Waals surface area contributed by atoms with Gasteiger partial charge in [-0.2, -0.15) is 0 Å². The van der Waals surface area contributed by atoms with E-state index in [1.54, 1.807) is 0 Å². The Hall–Kier alpha value is -6.85. The molecule has 0 amide bonds. The van der Waals surface area contributed by atoms with Crippen LogP contribution in [0.5, 0.6) is 0 Å². The van der Waals surface area contributed by atoms with Gasteiger partial charge < -0.3 is 0 Å². The van der Waals surface area contributed by atoms with Crippen molar-refractivity contribution in [1.29, 1.82) is 0 Å². The minimum absolute atomic E-state index is 0.898. The third-order valence-corrected chi connectivity index (χ3v) is 9.55. The summed E-state index contributed by atoms with van der Waals surface area (Å²) in [7, 11) is 0. The Labute approximate surface area is 288 Å². The van der Waals surface area contributed by atoms with Gasteiger partial charge in [0.1, 0.15) is 11.5 Å². The van der Waals surface area contributed by atoms with Gasteiger partial charge in [0.2, 0.25) is 0 Å². The Morgan fingerprint density at radius 3 is 1.84 bits per heavy atom. The normalized spacial score (nSPS) is 11.6. The van der Waals surface area contributed by atoms with Gasteiger partial charge in [0.25, 0.3) is 0 Å². The highest BCUT2D eigenvalue weighted by Crippen LogP contribution is 2.41. The molecule has 5 nitrogen and oxygen atoms in total. The van der Waals surface area contributed by atoms with Gasteiger partial charge in [-0.15, -0.1) is 0 Å². The lowest BCUT2D eigenvalue weighted by atomic mass is 9.97. The van der Waals surface area contributed by atoms with Crippen LogP contribution in [-0.2, 0) is 0 Å². The van der Waals surface area contributed by atoms with E-state index >= 15 is 0 Å². The summed E-state index contributed by atoms with van der Waals surface area (Å²) in [6.45, 7) is 0. The predicted octanol–water partition coefficient (Wildman–Crippen LogP) is 11.0. The Morgan fingerprint density at radius 2 is 1.06 bits per heavy atom.